The summed E-state index contributed by atoms with van der Waals surface area (Å²) in [5.74, 6) is -0.481. The summed E-state index contributed by atoms with van der Waals surface area (Å²) in [6, 6.07) is 1.01. The lowest BCUT2D eigenvalue weighted by Crippen LogP contribution is -2.17. The van der Waals surface area contributed by atoms with E-state index >= 15 is 0 Å². The molecular formula is C6HBr2ClF3NO. The van der Waals surface area contributed by atoms with E-state index in [9.17, 15) is 13.2 Å². The highest BCUT2D eigenvalue weighted by atomic mass is 79.9. The number of hydrogen-bond acceptors (Lipinski definition) is 2. The highest BCUT2D eigenvalue weighted by molar-refractivity contribution is 9.11. The standard InChI is InChI=1S/C6HBr2ClF3NO/c7-4-2(9)1-3(5(8)13-4)14-6(10,11)12/h1H. The van der Waals surface area contributed by atoms with E-state index in [1.54, 1.807) is 0 Å². The topological polar surface area (TPSA) is 22.1 Å². The SMILES string of the molecule is FC(F)(F)Oc1cc(Cl)c(Br)nc1Br. The Morgan fingerprint density at radius 1 is 1.29 bits per heavy atom. The van der Waals surface area contributed by atoms with Crippen LogP contribution >= 0.6 is 43.5 Å². The van der Waals surface area contributed by atoms with Crippen LogP contribution in [-0.2, 0) is 0 Å². The van der Waals surface area contributed by atoms with Gasteiger partial charge in [-0.25, -0.2) is 4.98 Å². The van der Waals surface area contributed by atoms with Gasteiger partial charge in [-0.15, -0.1) is 13.2 Å². The van der Waals surface area contributed by atoms with E-state index in [2.05, 4.69) is 41.6 Å². The van der Waals surface area contributed by atoms with Crippen LogP contribution in [0.5, 0.6) is 5.75 Å². The van der Waals surface area contributed by atoms with Crippen molar-refractivity contribution >= 4 is 43.5 Å². The molecule has 0 spiro atoms. The van der Waals surface area contributed by atoms with E-state index in [0.717, 1.165) is 6.07 Å². The summed E-state index contributed by atoms with van der Waals surface area (Å²) in [7, 11) is 0. The van der Waals surface area contributed by atoms with Gasteiger partial charge in [0.05, 0.1) is 5.02 Å². The second-order valence-corrected chi connectivity index (χ2v) is 4.01. The minimum Gasteiger partial charge on any atom is -0.403 e. The molecule has 0 atom stereocenters. The van der Waals surface area contributed by atoms with E-state index in [0.29, 0.717) is 0 Å². The molecule has 78 valence electrons. The normalized spacial score (nSPS) is 11.6. The summed E-state index contributed by atoms with van der Waals surface area (Å²) < 4.78 is 39.3. The van der Waals surface area contributed by atoms with Gasteiger partial charge in [0.25, 0.3) is 0 Å². The van der Waals surface area contributed by atoms with Crippen LogP contribution in [0.4, 0.5) is 13.2 Å². The van der Waals surface area contributed by atoms with E-state index < -0.39 is 12.1 Å². The molecule has 0 bridgehead atoms. The van der Waals surface area contributed by atoms with Crippen LogP contribution in [0.2, 0.25) is 5.02 Å². The number of alkyl halides is 3. The number of halogens is 6. The molecule has 14 heavy (non-hydrogen) atoms. The third-order valence-corrected chi connectivity index (χ3v) is 2.77. The molecule has 0 radical (unpaired) electrons. The molecule has 0 aliphatic heterocycles. The predicted molar refractivity (Wildman–Crippen MR) is 51.3 cm³/mol. The minimum absolute atomic E-state index is 0.0347. The van der Waals surface area contributed by atoms with Crippen LogP contribution in [0, 0.1) is 0 Å². The molecule has 1 aromatic heterocycles. The first-order valence-corrected chi connectivity index (χ1v) is 5.03. The van der Waals surface area contributed by atoms with Crippen LogP contribution in [0.3, 0.4) is 0 Å². The molecule has 1 heterocycles. The lowest BCUT2D eigenvalue weighted by molar-refractivity contribution is -0.275. The van der Waals surface area contributed by atoms with Crippen LogP contribution in [0.25, 0.3) is 0 Å². The first kappa shape index (κ1) is 12.1. The molecule has 0 fully saturated rings. The molecule has 8 heteroatoms. The molecular weight excluding hydrogens is 354 g/mol. The quantitative estimate of drug-likeness (QED) is 0.706. The van der Waals surface area contributed by atoms with Crippen LogP contribution < -0.4 is 4.74 Å². The first-order chi connectivity index (χ1) is 6.29. The van der Waals surface area contributed by atoms with Crippen molar-refractivity contribution < 1.29 is 17.9 Å². The van der Waals surface area contributed by atoms with Crippen molar-refractivity contribution in [3.05, 3.63) is 20.3 Å². The monoisotopic (exact) mass is 353 g/mol. The molecule has 0 saturated carbocycles. The second-order valence-electron chi connectivity index (χ2n) is 2.10. The average Bonchev–Trinajstić information content (AvgIpc) is 1.97. The van der Waals surface area contributed by atoms with Crippen molar-refractivity contribution in [1.29, 1.82) is 0 Å². The third kappa shape index (κ3) is 3.29. The molecule has 0 aromatic carbocycles. The molecule has 1 aromatic rings. The maximum atomic E-state index is 11.8. The summed E-state index contributed by atoms with van der Waals surface area (Å²) in [6.07, 6.45) is -4.76. The van der Waals surface area contributed by atoms with Gasteiger partial charge in [0.15, 0.2) is 5.75 Å². The van der Waals surface area contributed by atoms with Crippen molar-refractivity contribution in [2.45, 2.75) is 6.36 Å². The fourth-order valence-corrected chi connectivity index (χ4v) is 1.67. The highest BCUT2D eigenvalue weighted by Gasteiger charge is 2.32. The summed E-state index contributed by atoms with van der Waals surface area (Å²) >= 11 is 11.3. The van der Waals surface area contributed by atoms with Crippen LogP contribution in [0.15, 0.2) is 15.3 Å². The van der Waals surface area contributed by atoms with E-state index in [-0.39, 0.29) is 14.2 Å². The predicted octanol–water partition coefficient (Wildman–Crippen LogP) is 4.16. The third-order valence-electron chi connectivity index (χ3n) is 1.08. The largest absolute Gasteiger partial charge is 0.573 e. The van der Waals surface area contributed by atoms with Crippen molar-refractivity contribution in [2.75, 3.05) is 0 Å². The zero-order valence-corrected chi connectivity index (χ0v) is 10.1. The summed E-state index contributed by atoms with van der Waals surface area (Å²) in [4.78, 5) is 3.63. The van der Waals surface area contributed by atoms with Gasteiger partial charge in [0.2, 0.25) is 0 Å². The number of nitrogens with zero attached hydrogens (tertiary/aromatic N) is 1. The lowest BCUT2D eigenvalue weighted by atomic mass is 10.5. The van der Waals surface area contributed by atoms with E-state index in [4.69, 9.17) is 11.6 Å². The number of aromatic nitrogens is 1. The Hall–Kier alpha value is -0.0100. The molecule has 0 unspecified atom stereocenters. The Morgan fingerprint density at radius 3 is 2.36 bits per heavy atom. The maximum Gasteiger partial charge on any atom is 0.573 e. The Bertz CT molecular complexity index is 358. The Kier molecular flexibility index (Phi) is 3.65. The van der Waals surface area contributed by atoms with Gasteiger partial charge in [0, 0.05) is 6.07 Å². The minimum atomic E-state index is -4.76. The van der Waals surface area contributed by atoms with Crippen LogP contribution in [-0.4, -0.2) is 11.3 Å². The number of rotatable bonds is 1. The molecule has 0 N–H and O–H groups in total. The van der Waals surface area contributed by atoms with Crippen molar-refractivity contribution in [3.63, 3.8) is 0 Å². The van der Waals surface area contributed by atoms with Gasteiger partial charge in [-0.05, 0) is 31.9 Å². The van der Waals surface area contributed by atoms with Crippen molar-refractivity contribution in [3.8, 4) is 5.75 Å². The van der Waals surface area contributed by atoms with Gasteiger partial charge in [-0.2, -0.15) is 0 Å². The molecule has 0 amide bonds. The maximum absolute atomic E-state index is 11.8. The summed E-state index contributed by atoms with van der Waals surface area (Å²) in [5.41, 5.74) is 0. The molecule has 0 aliphatic carbocycles. The van der Waals surface area contributed by atoms with Gasteiger partial charge in [0.1, 0.15) is 9.21 Å². The Labute approximate surface area is 98.7 Å². The van der Waals surface area contributed by atoms with Gasteiger partial charge >= 0.3 is 6.36 Å². The van der Waals surface area contributed by atoms with Crippen molar-refractivity contribution in [2.24, 2.45) is 0 Å². The molecule has 1 rings (SSSR count). The molecule has 2 nitrogen and oxygen atoms in total. The smallest absolute Gasteiger partial charge is 0.403 e. The number of pyridine rings is 1. The Morgan fingerprint density at radius 2 is 1.86 bits per heavy atom. The van der Waals surface area contributed by atoms with E-state index in [1.807, 2.05) is 0 Å². The fraction of sp³-hybridized carbons (Fsp3) is 0.167. The zero-order valence-electron chi connectivity index (χ0n) is 6.20. The summed E-state index contributed by atoms with van der Waals surface area (Å²) in [5, 5.41) is 0.0347. The lowest BCUT2D eigenvalue weighted by Gasteiger charge is -2.10. The van der Waals surface area contributed by atoms with Crippen LogP contribution in [0.1, 0.15) is 0 Å². The summed E-state index contributed by atoms with van der Waals surface area (Å²) in [6.45, 7) is 0. The van der Waals surface area contributed by atoms with E-state index in [1.165, 1.54) is 0 Å². The first-order valence-electron chi connectivity index (χ1n) is 3.07. The fourth-order valence-electron chi connectivity index (χ4n) is 0.625. The van der Waals surface area contributed by atoms with Crippen molar-refractivity contribution in [1.82, 2.24) is 4.98 Å². The highest BCUT2D eigenvalue weighted by Crippen LogP contribution is 2.34. The average molecular weight is 355 g/mol. The second kappa shape index (κ2) is 4.24. The number of ether oxygens (including phenoxy) is 1. The zero-order chi connectivity index (χ0) is 10.9. The van der Waals surface area contributed by atoms with Gasteiger partial charge < -0.3 is 4.74 Å². The molecule has 0 saturated heterocycles. The number of hydrogen-bond donors (Lipinski definition) is 0. The Balaban J connectivity index is 3.04. The van der Waals surface area contributed by atoms with Gasteiger partial charge in [-0.3, -0.25) is 0 Å². The molecule has 0 aliphatic rings. The van der Waals surface area contributed by atoms with Gasteiger partial charge in [-0.1, -0.05) is 11.6 Å².